The maximum atomic E-state index is 12.6. The Morgan fingerprint density at radius 2 is 1.84 bits per heavy atom. The molecular formula is C20H22N2O3. The summed E-state index contributed by atoms with van der Waals surface area (Å²) in [6.45, 7) is 7.49. The van der Waals surface area contributed by atoms with E-state index in [0.29, 0.717) is 11.4 Å². The number of rotatable bonds is 3. The molecule has 2 aromatic carbocycles. The second kappa shape index (κ2) is 6.59. The van der Waals surface area contributed by atoms with Gasteiger partial charge >= 0.3 is 0 Å². The zero-order chi connectivity index (χ0) is 18.1. The first-order chi connectivity index (χ1) is 11.9. The van der Waals surface area contributed by atoms with Crippen molar-refractivity contribution in [2.45, 2.75) is 33.8 Å². The number of nitrogens with zero attached hydrogens (tertiary/aromatic N) is 1. The summed E-state index contributed by atoms with van der Waals surface area (Å²) in [7, 11) is 0. The number of carbonyl (C=O) groups excluding carboxylic acids is 2. The first kappa shape index (κ1) is 17.0. The van der Waals surface area contributed by atoms with Gasteiger partial charge in [0.15, 0.2) is 6.10 Å². The van der Waals surface area contributed by atoms with Gasteiger partial charge in [-0.05, 0) is 56.5 Å². The van der Waals surface area contributed by atoms with Gasteiger partial charge in [0.05, 0.1) is 5.69 Å². The second-order valence-electron chi connectivity index (χ2n) is 6.47. The number of anilines is 2. The Morgan fingerprint density at radius 3 is 2.52 bits per heavy atom. The van der Waals surface area contributed by atoms with Crippen LogP contribution in [0.5, 0.6) is 5.75 Å². The van der Waals surface area contributed by atoms with Gasteiger partial charge in [-0.25, -0.2) is 0 Å². The predicted molar refractivity (Wildman–Crippen MR) is 98.2 cm³/mol. The van der Waals surface area contributed by atoms with Gasteiger partial charge in [-0.1, -0.05) is 24.3 Å². The molecule has 25 heavy (non-hydrogen) atoms. The highest BCUT2D eigenvalue weighted by Crippen LogP contribution is 2.34. The lowest BCUT2D eigenvalue weighted by Gasteiger charge is -2.32. The highest BCUT2D eigenvalue weighted by atomic mass is 16.5. The molecule has 0 saturated carbocycles. The summed E-state index contributed by atoms with van der Waals surface area (Å²) in [5.74, 6) is 0.180. The SMILES string of the molecule is Cc1ccc2c(c1)N(CC(=O)Nc1c(C)cccc1C)C(=O)C(C)O2. The van der Waals surface area contributed by atoms with E-state index in [-0.39, 0.29) is 18.4 Å². The van der Waals surface area contributed by atoms with Crippen LogP contribution in [0.25, 0.3) is 0 Å². The number of carbonyl (C=O) groups is 2. The maximum Gasteiger partial charge on any atom is 0.268 e. The third-order valence-electron chi connectivity index (χ3n) is 4.37. The van der Waals surface area contributed by atoms with Crippen LogP contribution in [0.15, 0.2) is 36.4 Å². The Hall–Kier alpha value is -2.82. The van der Waals surface area contributed by atoms with Crippen molar-refractivity contribution in [2.75, 3.05) is 16.8 Å². The lowest BCUT2D eigenvalue weighted by Crippen LogP contribution is -2.47. The minimum Gasteiger partial charge on any atom is -0.479 e. The average molecular weight is 338 g/mol. The number of fused-ring (bicyclic) bond motifs is 1. The molecule has 1 heterocycles. The molecular weight excluding hydrogens is 316 g/mol. The van der Waals surface area contributed by atoms with Crippen molar-refractivity contribution in [1.29, 1.82) is 0 Å². The predicted octanol–water partition coefficient (Wildman–Crippen LogP) is 3.36. The molecule has 1 N–H and O–H groups in total. The molecule has 3 rings (SSSR count). The van der Waals surface area contributed by atoms with Crippen molar-refractivity contribution in [1.82, 2.24) is 0 Å². The van der Waals surface area contributed by atoms with E-state index in [2.05, 4.69) is 5.32 Å². The van der Waals surface area contributed by atoms with Crippen LogP contribution in [0.4, 0.5) is 11.4 Å². The van der Waals surface area contributed by atoms with Gasteiger partial charge in [-0.15, -0.1) is 0 Å². The summed E-state index contributed by atoms with van der Waals surface area (Å²) in [5.41, 5.74) is 4.42. The molecule has 0 bridgehead atoms. The number of ether oxygens (including phenoxy) is 1. The molecule has 0 spiro atoms. The molecule has 1 unspecified atom stereocenters. The Balaban J connectivity index is 1.85. The molecule has 2 amide bonds. The van der Waals surface area contributed by atoms with Crippen molar-refractivity contribution in [3.05, 3.63) is 53.1 Å². The van der Waals surface area contributed by atoms with Gasteiger partial charge in [0.2, 0.25) is 5.91 Å². The fourth-order valence-corrected chi connectivity index (χ4v) is 3.01. The number of hydrogen-bond acceptors (Lipinski definition) is 3. The van der Waals surface area contributed by atoms with E-state index < -0.39 is 6.10 Å². The molecule has 130 valence electrons. The molecule has 5 heteroatoms. The van der Waals surface area contributed by atoms with Crippen molar-refractivity contribution in [3.63, 3.8) is 0 Å². The zero-order valence-corrected chi connectivity index (χ0v) is 14.9. The Bertz CT molecular complexity index is 825. The third-order valence-corrected chi connectivity index (χ3v) is 4.37. The summed E-state index contributed by atoms with van der Waals surface area (Å²) in [5, 5.41) is 2.93. The van der Waals surface area contributed by atoms with Crippen molar-refractivity contribution in [3.8, 4) is 5.75 Å². The van der Waals surface area contributed by atoms with Crippen LogP contribution in [0.1, 0.15) is 23.6 Å². The fourth-order valence-electron chi connectivity index (χ4n) is 3.01. The summed E-state index contributed by atoms with van der Waals surface area (Å²) >= 11 is 0. The van der Waals surface area contributed by atoms with Gasteiger partial charge in [0.25, 0.3) is 5.91 Å². The van der Waals surface area contributed by atoms with E-state index in [4.69, 9.17) is 4.74 Å². The second-order valence-corrected chi connectivity index (χ2v) is 6.47. The van der Waals surface area contributed by atoms with Crippen molar-refractivity contribution in [2.24, 2.45) is 0 Å². The largest absolute Gasteiger partial charge is 0.479 e. The summed E-state index contributed by atoms with van der Waals surface area (Å²) < 4.78 is 5.64. The maximum absolute atomic E-state index is 12.6. The summed E-state index contributed by atoms with van der Waals surface area (Å²) in [6, 6.07) is 11.5. The van der Waals surface area contributed by atoms with Crippen LogP contribution in [-0.2, 0) is 9.59 Å². The lowest BCUT2D eigenvalue weighted by atomic mass is 10.1. The van der Waals surface area contributed by atoms with Gasteiger partial charge in [-0.3, -0.25) is 14.5 Å². The molecule has 1 aliphatic heterocycles. The van der Waals surface area contributed by atoms with Crippen LogP contribution >= 0.6 is 0 Å². The smallest absolute Gasteiger partial charge is 0.268 e. The van der Waals surface area contributed by atoms with E-state index in [9.17, 15) is 9.59 Å². The standard InChI is InChI=1S/C20H22N2O3/c1-12-8-9-17-16(10-12)22(20(24)15(4)25-17)11-18(23)21-19-13(2)6-5-7-14(19)3/h5-10,15H,11H2,1-4H3,(H,21,23). The molecule has 1 atom stereocenters. The lowest BCUT2D eigenvalue weighted by molar-refractivity contribution is -0.127. The molecule has 0 aromatic heterocycles. The van der Waals surface area contributed by atoms with E-state index in [1.165, 1.54) is 4.90 Å². The van der Waals surface area contributed by atoms with Gasteiger partial charge < -0.3 is 10.1 Å². The average Bonchev–Trinajstić information content (AvgIpc) is 2.56. The summed E-state index contributed by atoms with van der Waals surface area (Å²) in [4.78, 5) is 26.6. The number of hydrogen-bond donors (Lipinski definition) is 1. The molecule has 5 nitrogen and oxygen atoms in total. The van der Waals surface area contributed by atoms with Crippen molar-refractivity contribution >= 4 is 23.2 Å². The summed E-state index contributed by atoms with van der Waals surface area (Å²) in [6.07, 6.45) is -0.608. The van der Waals surface area contributed by atoms with Gasteiger partial charge in [0.1, 0.15) is 12.3 Å². The topological polar surface area (TPSA) is 58.6 Å². The van der Waals surface area contributed by atoms with E-state index in [1.54, 1.807) is 6.92 Å². The van der Waals surface area contributed by atoms with Crippen LogP contribution in [-0.4, -0.2) is 24.5 Å². The quantitative estimate of drug-likeness (QED) is 0.933. The normalized spacial score (nSPS) is 16.2. The van der Waals surface area contributed by atoms with Gasteiger partial charge in [-0.2, -0.15) is 0 Å². The monoisotopic (exact) mass is 338 g/mol. The molecule has 0 aliphatic carbocycles. The van der Waals surface area contributed by atoms with E-state index in [1.807, 2.05) is 57.2 Å². The molecule has 1 aliphatic rings. The zero-order valence-electron chi connectivity index (χ0n) is 14.9. The molecule has 0 fully saturated rings. The van der Waals surface area contributed by atoms with Gasteiger partial charge in [0, 0.05) is 5.69 Å². The highest BCUT2D eigenvalue weighted by Gasteiger charge is 2.32. The van der Waals surface area contributed by atoms with Crippen LogP contribution in [0.2, 0.25) is 0 Å². The van der Waals surface area contributed by atoms with Crippen LogP contribution in [0, 0.1) is 20.8 Å². The van der Waals surface area contributed by atoms with Crippen LogP contribution < -0.4 is 15.0 Å². The number of nitrogens with one attached hydrogen (secondary N) is 1. The first-order valence-electron chi connectivity index (χ1n) is 8.31. The highest BCUT2D eigenvalue weighted by molar-refractivity contribution is 6.06. The molecule has 0 saturated heterocycles. The Labute approximate surface area is 147 Å². The van der Waals surface area contributed by atoms with E-state index in [0.717, 1.165) is 22.4 Å². The molecule has 2 aromatic rings. The fraction of sp³-hybridized carbons (Fsp3) is 0.300. The van der Waals surface area contributed by atoms with Crippen LogP contribution in [0.3, 0.4) is 0 Å². The number of aryl methyl sites for hydroxylation is 3. The Kier molecular flexibility index (Phi) is 4.49. The molecule has 0 radical (unpaired) electrons. The first-order valence-corrected chi connectivity index (χ1v) is 8.31. The number of amides is 2. The number of para-hydroxylation sites is 1. The minimum atomic E-state index is -0.608. The minimum absolute atomic E-state index is 0.0449. The van der Waals surface area contributed by atoms with Crippen molar-refractivity contribution < 1.29 is 14.3 Å². The Morgan fingerprint density at radius 1 is 1.16 bits per heavy atom. The van der Waals surface area contributed by atoms with E-state index >= 15 is 0 Å². The number of benzene rings is 2. The third kappa shape index (κ3) is 3.36.